The number of hydrogen-bond donors (Lipinski definition) is 4. The highest BCUT2D eigenvalue weighted by atomic mass is 17.3. The zero-order chi connectivity index (χ0) is 30.1. The lowest BCUT2D eigenvalue weighted by Gasteiger charge is -2.59. The van der Waals surface area contributed by atoms with Crippen LogP contribution >= 0.6 is 0 Å². The molecule has 0 unspecified atom stereocenters. The first-order chi connectivity index (χ1) is 19.3. The lowest BCUT2D eigenvalue weighted by Crippen LogP contribution is -2.70. The minimum Gasteiger partial charge on any atom is -0.480 e. The van der Waals surface area contributed by atoms with E-state index in [9.17, 15) is 24.3 Å². The molecule has 0 aromatic carbocycles. The van der Waals surface area contributed by atoms with Crippen molar-refractivity contribution in [3.05, 3.63) is 0 Å². The number of aliphatic hydroxyl groups is 1. The highest BCUT2D eigenvalue weighted by Crippen LogP contribution is 2.60. The maximum atomic E-state index is 12.8. The number of carboxylic acid groups (broad SMARTS) is 1. The maximum absolute atomic E-state index is 12.8. The van der Waals surface area contributed by atoms with Crippen LogP contribution in [0, 0.1) is 29.6 Å². The molecule has 2 amide bonds. The Labute approximate surface area is 239 Å². The molecule has 1 spiro atoms. The van der Waals surface area contributed by atoms with Crippen molar-refractivity contribution in [2.24, 2.45) is 29.6 Å². The van der Waals surface area contributed by atoms with E-state index in [1.165, 1.54) is 0 Å². The fourth-order valence-electron chi connectivity index (χ4n) is 6.84. The van der Waals surface area contributed by atoms with Crippen molar-refractivity contribution in [2.45, 2.75) is 116 Å². The first-order valence-corrected chi connectivity index (χ1v) is 14.6. The van der Waals surface area contributed by atoms with E-state index in [1.54, 1.807) is 0 Å². The van der Waals surface area contributed by atoms with Gasteiger partial charge in [0.2, 0.25) is 23.9 Å². The molecule has 5 fully saturated rings. The molecule has 0 aromatic rings. The Morgan fingerprint density at radius 3 is 2.39 bits per heavy atom. The average molecular weight is 585 g/mol. The third kappa shape index (κ3) is 6.53. The van der Waals surface area contributed by atoms with Crippen LogP contribution in [-0.2, 0) is 43.2 Å². The van der Waals surface area contributed by atoms with Crippen LogP contribution in [0.25, 0.3) is 0 Å². The standard InChI is InChI=1S/C28H44N2O11/c1-14(2)12-19(23(34)30-20(13-31)24(35)36)29-21(32)8-9-22(33)37-25-16(4)18-7-6-15(3)17-10-11-27(5)39-26(38-25)28(17,18)41-40-27/h14-20,25-26,31H,6-13H2,1-5H3,(H,29,32)(H,30,34)(H,35,36)/t15-,16-,17+,18+,19+,20+,25-,26+,27+,28-/m1/s1. The van der Waals surface area contributed by atoms with Gasteiger partial charge >= 0.3 is 11.9 Å². The van der Waals surface area contributed by atoms with Gasteiger partial charge in [-0.1, -0.05) is 27.7 Å². The number of ether oxygens (including phenoxy) is 3. The Morgan fingerprint density at radius 1 is 1.00 bits per heavy atom. The van der Waals surface area contributed by atoms with Crippen LogP contribution in [0.3, 0.4) is 0 Å². The Bertz CT molecular complexity index is 1010. The van der Waals surface area contributed by atoms with E-state index < -0.39 is 66.4 Å². The van der Waals surface area contributed by atoms with E-state index in [4.69, 9.17) is 29.1 Å². The van der Waals surface area contributed by atoms with Crippen LogP contribution in [0.2, 0.25) is 0 Å². The first kappa shape index (κ1) is 31.6. The number of carbonyl (C=O) groups is 4. The molecule has 1 aliphatic carbocycles. The second-order valence-corrected chi connectivity index (χ2v) is 12.6. The summed E-state index contributed by atoms with van der Waals surface area (Å²) in [5, 5.41) is 23.1. The lowest BCUT2D eigenvalue weighted by molar-refractivity contribution is -0.576. The van der Waals surface area contributed by atoms with Crippen LogP contribution in [0.4, 0.5) is 0 Å². The molecule has 5 rings (SSSR count). The molecular weight excluding hydrogens is 540 g/mol. The lowest BCUT2D eigenvalue weighted by atomic mass is 9.58. The molecule has 10 atom stereocenters. The molecule has 4 heterocycles. The molecule has 5 aliphatic rings. The third-order valence-corrected chi connectivity index (χ3v) is 9.06. The Morgan fingerprint density at radius 2 is 1.73 bits per heavy atom. The highest BCUT2D eigenvalue weighted by molar-refractivity contribution is 5.91. The van der Waals surface area contributed by atoms with E-state index in [0.717, 1.165) is 19.3 Å². The minimum absolute atomic E-state index is 0.00198. The van der Waals surface area contributed by atoms with Crippen LogP contribution < -0.4 is 10.6 Å². The molecule has 2 bridgehead atoms. The van der Waals surface area contributed by atoms with Crippen molar-refractivity contribution in [1.29, 1.82) is 0 Å². The summed E-state index contributed by atoms with van der Waals surface area (Å²) >= 11 is 0. The number of fused-ring (bicyclic) bond motifs is 2. The predicted molar refractivity (Wildman–Crippen MR) is 140 cm³/mol. The zero-order valence-electron chi connectivity index (χ0n) is 24.4. The molecule has 4 saturated heterocycles. The topological polar surface area (TPSA) is 179 Å². The summed E-state index contributed by atoms with van der Waals surface area (Å²) in [6.07, 6.45) is 1.49. The predicted octanol–water partition coefficient (Wildman–Crippen LogP) is 1.61. The van der Waals surface area contributed by atoms with Crippen LogP contribution in [0.15, 0.2) is 0 Å². The second kappa shape index (κ2) is 12.5. The molecule has 232 valence electrons. The summed E-state index contributed by atoms with van der Waals surface area (Å²) < 4.78 is 18.2. The Kier molecular flexibility index (Phi) is 9.64. The summed E-state index contributed by atoms with van der Waals surface area (Å²) in [7, 11) is 0. The quantitative estimate of drug-likeness (QED) is 0.205. The van der Waals surface area contributed by atoms with Gasteiger partial charge in [0.05, 0.1) is 13.0 Å². The van der Waals surface area contributed by atoms with Gasteiger partial charge in [0.1, 0.15) is 12.1 Å². The van der Waals surface area contributed by atoms with Crippen molar-refractivity contribution in [1.82, 2.24) is 10.6 Å². The summed E-state index contributed by atoms with van der Waals surface area (Å²) in [6, 6.07) is -2.52. The number of aliphatic hydroxyl groups excluding tert-OH is 1. The number of nitrogens with one attached hydrogen (secondary N) is 2. The SMILES string of the molecule is CC(C)C[C@H](NC(=O)CCC(=O)O[C@@H]1O[C@H]2O[C@]3(C)CC[C@H]4[C@H](C)CC[C@@H]([C@H]1C)[C@@]24OO3)C(=O)N[C@@H](CO)C(=O)O. The van der Waals surface area contributed by atoms with E-state index in [0.29, 0.717) is 12.3 Å². The normalized spacial score (nSPS) is 37.3. The van der Waals surface area contributed by atoms with Crippen LogP contribution in [0.5, 0.6) is 0 Å². The number of hydrogen-bond acceptors (Lipinski definition) is 10. The molecule has 0 aromatic heterocycles. The molecule has 4 aliphatic heterocycles. The molecule has 13 heteroatoms. The third-order valence-electron chi connectivity index (χ3n) is 9.06. The largest absolute Gasteiger partial charge is 0.480 e. The molecule has 4 N–H and O–H groups in total. The Hall–Kier alpha value is -2.32. The fraction of sp³-hybridized carbons (Fsp3) is 0.857. The number of esters is 1. The highest BCUT2D eigenvalue weighted by Gasteiger charge is 2.69. The van der Waals surface area contributed by atoms with Gasteiger partial charge in [0.25, 0.3) is 0 Å². The van der Waals surface area contributed by atoms with E-state index >= 15 is 0 Å². The van der Waals surface area contributed by atoms with E-state index in [1.807, 2.05) is 27.7 Å². The van der Waals surface area contributed by atoms with Crippen molar-refractivity contribution < 1.29 is 53.4 Å². The summed E-state index contributed by atoms with van der Waals surface area (Å²) in [5.74, 6) is -3.92. The second-order valence-electron chi connectivity index (χ2n) is 12.6. The van der Waals surface area contributed by atoms with Gasteiger partial charge in [-0.15, -0.1) is 0 Å². The first-order valence-electron chi connectivity index (χ1n) is 14.6. The van der Waals surface area contributed by atoms with Gasteiger partial charge in [-0.25, -0.2) is 14.6 Å². The van der Waals surface area contributed by atoms with Crippen molar-refractivity contribution >= 4 is 23.8 Å². The van der Waals surface area contributed by atoms with Gasteiger partial charge < -0.3 is 35.1 Å². The van der Waals surface area contributed by atoms with Gasteiger partial charge in [0, 0.05) is 24.7 Å². The van der Waals surface area contributed by atoms with Crippen molar-refractivity contribution in [3.63, 3.8) is 0 Å². The van der Waals surface area contributed by atoms with Gasteiger partial charge in [-0.3, -0.25) is 14.4 Å². The Balaban J connectivity index is 1.35. The summed E-state index contributed by atoms with van der Waals surface area (Å²) in [4.78, 5) is 61.2. The smallest absolute Gasteiger partial charge is 0.328 e. The number of rotatable bonds is 11. The average Bonchev–Trinajstić information content (AvgIpc) is 3.13. The van der Waals surface area contributed by atoms with E-state index in [2.05, 4.69) is 17.6 Å². The van der Waals surface area contributed by atoms with Gasteiger partial charge in [-0.05, 0) is 50.4 Å². The van der Waals surface area contributed by atoms with Gasteiger partial charge in [0.15, 0.2) is 11.9 Å². The summed E-state index contributed by atoms with van der Waals surface area (Å²) in [6.45, 7) is 8.89. The molecule has 0 radical (unpaired) electrons. The number of carboxylic acids is 1. The zero-order valence-corrected chi connectivity index (χ0v) is 24.4. The molecule has 13 nitrogen and oxygen atoms in total. The minimum atomic E-state index is -1.49. The fourth-order valence-corrected chi connectivity index (χ4v) is 6.84. The maximum Gasteiger partial charge on any atom is 0.328 e. The number of aliphatic carboxylic acids is 1. The molecular formula is C28H44N2O11. The van der Waals surface area contributed by atoms with E-state index in [-0.39, 0.29) is 42.9 Å². The molecule has 41 heavy (non-hydrogen) atoms. The van der Waals surface area contributed by atoms with Crippen LogP contribution in [0.1, 0.15) is 79.6 Å². The van der Waals surface area contributed by atoms with Crippen molar-refractivity contribution in [2.75, 3.05) is 6.61 Å². The monoisotopic (exact) mass is 584 g/mol. The molecule has 1 saturated carbocycles. The van der Waals surface area contributed by atoms with Crippen LogP contribution in [-0.4, -0.2) is 76.6 Å². The number of carbonyl (C=O) groups excluding carboxylic acids is 3. The number of amides is 2. The summed E-state index contributed by atoms with van der Waals surface area (Å²) in [5.41, 5.74) is -0.780. The van der Waals surface area contributed by atoms with Crippen molar-refractivity contribution in [3.8, 4) is 0 Å². The van der Waals surface area contributed by atoms with Gasteiger partial charge in [-0.2, -0.15) is 0 Å².